The van der Waals surface area contributed by atoms with Crippen LogP contribution >= 0.6 is 0 Å². The molecule has 1 aromatic carbocycles. The Morgan fingerprint density at radius 2 is 2.18 bits per heavy atom. The molecular weight excluding hydrogens is 216 g/mol. The average Bonchev–Trinajstić information content (AvgIpc) is 2.29. The molecule has 1 rings (SSSR count). The van der Waals surface area contributed by atoms with E-state index in [0.29, 0.717) is 17.7 Å². The van der Waals surface area contributed by atoms with Gasteiger partial charge in [-0.05, 0) is 38.0 Å². The number of nitrogens with two attached hydrogens (primary N) is 1. The number of nitrogens with one attached hydrogen (secondary N) is 1. The maximum absolute atomic E-state index is 11.9. The second kappa shape index (κ2) is 5.19. The summed E-state index contributed by atoms with van der Waals surface area (Å²) in [6, 6.07) is 5.21. The number of amides is 1. The summed E-state index contributed by atoms with van der Waals surface area (Å²) in [5, 5.41) is 12.5. The van der Waals surface area contributed by atoms with Gasteiger partial charge in [0, 0.05) is 17.8 Å². The first-order valence-corrected chi connectivity index (χ1v) is 5.72. The Morgan fingerprint density at radius 1 is 1.53 bits per heavy atom. The Labute approximate surface area is 102 Å². The summed E-state index contributed by atoms with van der Waals surface area (Å²) in [5.74, 6) is -0.205. The van der Waals surface area contributed by atoms with Crippen LogP contribution < -0.4 is 11.1 Å². The molecule has 0 aliphatic heterocycles. The zero-order valence-corrected chi connectivity index (χ0v) is 10.6. The quantitative estimate of drug-likeness (QED) is 0.693. The third-order valence-electron chi connectivity index (χ3n) is 2.90. The lowest BCUT2D eigenvalue weighted by molar-refractivity contribution is 0.0518. The predicted molar refractivity (Wildman–Crippen MR) is 68.8 cm³/mol. The topological polar surface area (TPSA) is 75.3 Å². The first-order chi connectivity index (χ1) is 7.85. The number of carbonyl (C=O) groups is 1. The minimum absolute atomic E-state index is 0.205. The van der Waals surface area contributed by atoms with E-state index in [2.05, 4.69) is 5.32 Å². The standard InChI is InChI=1S/C13H20N2O2/c1-4-13(3,17)8-15-12(16)11-7-10(14)6-5-9(11)2/h5-7,17H,4,8,14H2,1-3H3,(H,15,16). The van der Waals surface area contributed by atoms with Crippen LogP contribution in [0.1, 0.15) is 36.2 Å². The summed E-state index contributed by atoms with van der Waals surface area (Å²) in [4.78, 5) is 11.9. The molecule has 94 valence electrons. The second-order valence-corrected chi connectivity index (χ2v) is 4.61. The van der Waals surface area contributed by atoms with Gasteiger partial charge in [-0.25, -0.2) is 0 Å². The molecule has 0 saturated heterocycles. The van der Waals surface area contributed by atoms with E-state index in [-0.39, 0.29) is 12.5 Å². The van der Waals surface area contributed by atoms with Crippen molar-refractivity contribution in [2.75, 3.05) is 12.3 Å². The molecule has 1 aromatic rings. The minimum atomic E-state index is -0.871. The van der Waals surface area contributed by atoms with Gasteiger partial charge in [0.25, 0.3) is 5.91 Å². The van der Waals surface area contributed by atoms with Gasteiger partial charge in [0.1, 0.15) is 0 Å². The van der Waals surface area contributed by atoms with Crippen LogP contribution in [-0.2, 0) is 0 Å². The van der Waals surface area contributed by atoms with Gasteiger partial charge < -0.3 is 16.2 Å². The number of carbonyl (C=O) groups excluding carboxylic acids is 1. The third kappa shape index (κ3) is 3.75. The molecule has 0 spiro atoms. The molecule has 0 radical (unpaired) electrons. The number of aliphatic hydroxyl groups is 1. The van der Waals surface area contributed by atoms with Gasteiger partial charge in [0.15, 0.2) is 0 Å². The van der Waals surface area contributed by atoms with E-state index in [9.17, 15) is 9.90 Å². The fraction of sp³-hybridized carbons (Fsp3) is 0.462. The summed E-state index contributed by atoms with van der Waals surface area (Å²) in [6.07, 6.45) is 0.586. The maximum atomic E-state index is 11.9. The molecule has 1 unspecified atom stereocenters. The Balaban J connectivity index is 2.74. The zero-order chi connectivity index (χ0) is 13.1. The molecule has 0 bridgehead atoms. The van der Waals surface area contributed by atoms with Gasteiger partial charge in [-0.3, -0.25) is 4.79 Å². The first kappa shape index (κ1) is 13.5. The molecule has 0 fully saturated rings. The van der Waals surface area contributed by atoms with Crippen molar-refractivity contribution in [3.8, 4) is 0 Å². The van der Waals surface area contributed by atoms with Crippen molar-refractivity contribution in [3.63, 3.8) is 0 Å². The van der Waals surface area contributed by atoms with E-state index in [1.54, 1.807) is 19.1 Å². The SMILES string of the molecule is CCC(C)(O)CNC(=O)c1cc(N)ccc1C. The highest BCUT2D eigenvalue weighted by Gasteiger charge is 2.19. The smallest absolute Gasteiger partial charge is 0.251 e. The van der Waals surface area contributed by atoms with Crippen molar-refractivity contribution in [2.45, 2.75) is 32.8 Å². The van der Waals surface area contributed by atoms with Gasteiger partial charge in [0.2, 0.25) is 0 Å². The van der Waals surface area contributed by atoms with Gasteiger partial charge in [-0.1, -0.05) is 13.0 Å². The lowest BCUT2D eigenvalue weighted by atomic mass is 10.0. The van der Waals surface area contributed by atoms with Gasteiger partial charge in [-0.2, -0.15) is 0 Å². The summed E-state index contributed by atoms with van der Waals surface area (Å²) < 4.78 is 0. The number of benzene rings is 1. The molecule has 0 aromatic heterocycles. The Kier molecular flexibility index (Phi) is 4.12. The first-order valence-electron chi connectivity index (χ1n) is 5.72. The van der Waals surface area contributed by atoms with Crippen LogP contribution in [0.5, 0.6) is 0 Å². The summed E-state index contributed by atoms with van der Waals surface area (Å²) >= 11 is 0. The molecule has 0 aliphatic carbocycles. The summed E-state index contributed by atoms with van der Waals surface area (Å²) in [6.45, 7) is 5.65. The van der Waals surface area contributed by atoms with Gasteiger partial charge >= 0.3 is 0 Å². The monoisotopic (exact) mass is 236 g/mol. The van der Waals surface area contributed by atoms with E-state index in [1.165, 1.54) is 0 Å². The van der Waals surface area contributed by atoms with Crippen LogP contribution in [0.4, 0.5) is 5.69 Å². The zero-order valence-electron chi connectivity index (χ0n) is 10.6. The van der Waals surface area contributed by atoms with Crippen molar-refractivity contribution >= 4 is 11.6 Å². The Bertz CT molecular complexity index is 414. The summed E-state index contributed by atoms with van der Waals surface area (Å²) in [7, 11) is 0. The van der Waals surface area contributed by atoms with Crippen LogP contribution in [-0.4, -0.2) is 23.2 Å². The van der Waals surface area contributed by atoms with Crippen molar-refractivity contribution in [1.82, 2.24) is 5.32 Å². The lowest BCUT2D eigenvalue weighted by Gasteiger charge is -2.21. The maximum Gasteiger partial charge on any atom is 0.251 e. The van der Waals surface area contributed by atoms with Crippen LogP contribution in [0.15, 0.2) is 18.2 Å². The molecule has 4 N–H and O–H groups in total. The lowest BCUT2D eigenvalue weighted by Crippen LogP contribution is -2.40. The fourth-order valence-electron chi connectivity index (χ4n) is 1.38. The highest BCUT2D eigenvalue weighted by atomic mass is 16.3. The van der Waals surface area contributed by atoms with Crippen molar-refractivity contribution in [3.05, 3.63) is 29.3 Å². The van der Waals surface area contributed by atoms with E-state index >= 15 is 0 Å². The van der Waals surface area contributed by atoms with E-state index in [1.807, 2.05) is 19.9 Å². The number of rotatable bonds is 4. The highest BCUT2D eigenvalue weighted by molar-refractivity contribution is 5.96. The molecule has 17 heavy (non-hydrogen) atoms. The Hall–Kier alpha value is -1.55. The molecule has 4 nitrogen and oxygen atoms in total. The largest absolute Gasteiger partial charge is 0.399 e. The van der Waals surface area contributed by atoms with E-state index < -0.39 is 5.60 Å². The minimum Gasteiger partial charge on any atom is -0.399 e. The molecule has 0 saturated carbocycles. The Morgan fingerprint density at radius 3 is 2.76 bits per heavy atom. The van der Waals surface area contributed by atoms with E-state index in [0.717, 1.165) is 5.56 Å². The predicted octanol–water partition coefficient (Wildman–Crippen LogP) is 1.47. The fourth-order valence-corrected chi connectivity index (χ4v) is 1.38. The number of hydrogen-bond acceptors (Lipinski definition) is 3. The van der Waals surface area contributed by atoms with Crippen molar-refractivity contribution < 1.29 is 9.90 Å². The molecule has 4 heteroatoms. The van der Waals surface area contributed by atoms with Crippen LogP contribution in [0, 0.1) is 6.92 Å². The molecule has 1 amide bonds. The van der Waals surface area contributed by atoms with Gasteiger partial charge in [0.05, 0.1) is 5.60 Å². The van der Waals surface area contributed by atoms with E-state index in [4.69, 9.17) is 5.73 Å². The van der Waals surface area contributed by atoms with Crippen molar-refractivity contribution in [2.24, 2.45) is 0 Å². The van der Waals surface area contributed by atoms with Crippen LogP contribution in [0.2, 0.25) is 0 Å². The molecule has 1 atom stereocenters. The number of hydrogen-bond donors (Lipinski definition) is 3. The number of anilines is 1. The molecular formula is C13H20N2O2. The summed E-state index contributed by atoms with van der Waals surface area (Å²) in [5.41, 5.74) is 6.75. The average molecular weight is 236 g/mol. The second-order valence-electron chi connectivity index (χ2n) is 4.61. The molecule has 0 aliphatic rings. The van der Waals surface area contributed by atoms with Gasteiger partial charge in [-0.15, -0.1) is 0 Å². The normalized spacial score (nSPS) is 14.1. The van der Waals surface area contributed by atoms with Crippen molar-refractivity contribution in [1.29, 1.82) is 0 Å². The third-order valence-corrected chi connectivity index (χ3v) is 2.90. The highest BCUT2D eigenvalue weighted by Crippen LogP contribution is 2.13. The number of nitrogen functional groups attached to an aromatic ring is 1. The van der Waals surface area contributed by atoms with Crippen LogP contribution in [0.25, 0.3) is 0 Å². The van der Waals surface area contributed by atoms with Crippen LogP contribution in [0.3, 0.4) is 0 Å². The number of aryl methyl sites for hydroxylation is 1. The molecule has 0 heterocycles.